The minimum Gasteiger partial charge on any atom is -0.465 e. The third kappa shape index (κ3) is 10.4. The van der Waals surface area contributed by atoms with E-state index in [0.717, 1.165) is 24.9 Å². The standard InChI is InChI=1S/C24H33N5O4/c1-6-8-9-10-17(3)22(30)29-20-13-11-19(12-14-20)27-16-25-15-26-18(4)28-23(31)21(7-2)24(32)33-5/h7,11-15,27H,3,6,8-10,16H2,1-2,4-5H3,(H,29,30)(H,25,26,28,31)/b21-7+. The second-order valence-electron chi connectivity index (χ2n) is 7.09. The summed E-state index contributed by atoms with van der Waals surface area (Å²) in [6, 6.07) is 7.23. The number of methoxy groups -OCH3 is 1. The molecule has 2 amide bonds. The van der Waals surface area contributed by atoms with Gasteiger partial charge in [0.2, 0.25) is 0 Å². The summed E-state index contributed by atoms with van der Waals surface area (Å²) in [5, 5.41) is 8.42. The number of allylic oxidation sites excluding steroid dienone is 1. The lowest BCUT2D eigenvalue weighted by Gasteiger charge is -2.09. The van der Waals surface area contributed by atoms with Crippen LogP contribution in [0.5, 0.6) is 0 Å². The summed E-state index contributed by atoms with van der Waals surface area (Å²) in [7, 11) is 1.20. The number of amidine groups is 1. The number of rotatable bonds is 12. The summed E-state index contributed by atoms with van der Waals surface area (Å²) in [4.78, 5) is 43.8. The summed E-state index contributed by atoms with van der Waals surface area (Å²) in [6.45, 7) is 9.37. The van der Waals surface area contributed by atoms with Gasteiger partial charge in [-0.2, -0.15) is 0 Å². The van der Waals surface area contributed by atoms with Gasteiger partial charge in [-0.15, -0.1) is 0 Å². The Bertz CT molecular complexity index is 917. The Morgan fingerprint density at radius 1 is 1.09 bits per heavy atom. The lowest BCUT2D eigenvalue weighted by atomic mass is 10.1. The highest BCUT2D eigenvalue weighted by atomic mass is 16.5. The Hall–Kier alpha value is -3.75. The molecule has 3 N–H and O–H groups in total. The molecule has 178 valence electrons. The number of amides is 2. The van der Waals surface area contributed by atoms with Gasteiger partial charge in [0.1, 0.15) is 24.4 Å². The van der Waals surface area contributed by atoms with Crippen molar-refractivity contribution in [3.63, 3.8) is 0 Å². The van der Waals surface area contributed by atoms with Crippen molar-refractivity contribution in [2.75, 3.05) is 24.4 Å². The summed E-state index contributed by atoms with van der Waals surface area (Å²) < 4.78 is 4.55. The minimum atomic E-state index is -0.719. The summed E-state index contributed by atoms with van der Waals surface area (Å²) >= 11 is 0. The highest BCUT2D eigenvalue weighted by Crippen LogP contribution is 2.15. The van der Waals surface area contributed by atoms with Gasteiger partial charge >= 0.3 is 5.97 Å². The van der Waals surface area contributed by atoms with E-state index in [1.54, 1.807) is 26.0 Å². The number of hydrogen-bond donors (Lipinski definition) is 3. The zero-order chi connectivity index (χ0) is 24.6. The number of benzene rings is 1. The van der Waals surface area contributed by atoms with Crippen molar-refractivity contribution < 1.29 is 19.1 Å². The van der Waals surface area contributed by atoms with Crippen LogP contribution in [0.25, 0.3) is 0 Å². The third-order valence-corrected chi connectivity index (χ3v) is 4.49. The SMILES string of the molecule is C=C(CCCCC)C(=O)Nc1ccc(NC/N=C\N=C(/C)NC(=O)/C(=C\C)C(=O)OC)cc1. The fourth-order valence-corrected chi connectivity index (χ4v) is 2.61. The van der Waals surface area contributed by atoms with E-state index in [2.05, 4.69) is 44.2 Å². The van der Waals surface area contributed by atoms with Crippen molar-refractivity contribution in [3.05, 3.63) is 48.1 Å². The quantitative estimate of drug-likeness (QED) is 0.0841. The largest absolute Gasteiger partial charge is 0.465 e. The van der Waals surface area contributed by atoms with E-state index in [-0.39, 0.29) is 24.0 Å². The number of nitrogens with one attached hydrogen (secondary N) is 3. The lowest BCUT2D eigenvalue weighted by molar-refractivity contribution is -0.137. The van der Waals surface area contributed by atoms with E-state index in [0.29, 0.717) is 17.7 Å². The zero-order valence-electron chi connectivity index (χ0n) is 19.7. The average Bonchev–Trinajstić information content (AvgIpc) is 2.80. The van der Waals surface area contributed by atoms with Crippen molar-refractivity contribution in [1.29, 1.82) is 0 Å². The van der Waals surface area contributed by atoms with E-state index in [4.69, 9.17) is 0 Å². The summed E-state index contributed by atoms with van der Waals surface area (Å²) in [5.74, 6) is -1.20. The van der Waals surface area contributed by atoms with Gasteiger partial charge in [-0.1, -0.05) is 32.4 Å². The fraction of sp³-hybridized carbons (Fsp3) is 0.375. The smallest absolute Gasteiger partial charge is 0.343 e. The first-order chi connectivity index (χ1) is 15.8. The van der Waals surface area contributed by atoms with Crippen molar-refractivity contribution in [3.8, 4) is 0 Å². The second kappa shape index (κ2) is 15.1. The van der Waals surface area contributed by atoms with Crippen LogP contribution in [0.2, 0.25) is 0 Å². The second-order valence-corrected chi connectivity index (χ2v) is 7.09. The van der Waals surface area contributed by atoms with Gasteiger partial charge in [0.25, 0.3) is 11.8 Å². The van der Waals surface area contributed by atoms with E-state index < -0.39 is 11.9 Å². The maximum atomic E-state index is 12.2. The molecule has 1 aromatic rings. The first-order valence-corrected chi connectivity index (χ1v) is 10.7. The number of anilines is 2. The molecule has 1 rings (SSSR count). The maximum Gasteiger partial charge on any atom is 0.343 e. The molecule has 1 aromatic carbocycles. The molecule has 0 aliphatic heterocycles. The van der Waals surface area contributed by atoms with Gasteiger partial charge in [0, 0.05) is 16.9 Å². The minimum absolute atomic E-state index is 0.105. The van der Waals surface area contributed by atoms with Crippen LogP contribution in [0.4, 0.5) is 11.4 Å². The molecule has 0 aliphatic carbocycles. The molecule has 0 saturated carbocycles. The van der Waals surface area contributed by atoms with Gasteiger partial charge in [0.15, 0.2) is 0 Å². The molecule has 9 heteroatoms. The van der Waals surface area contributed by atoms with Crippen LogP contribution in [0.1, 0.15) is 46.5 Å². The van der Waals surface area contributed by atoms with Crippen LogP contribution >= 0.6 is 0 Å². The zero-order valence-corrected chi connectivity index (χ0v) is 19.7. The van der Waals surface area contributed by atoms with Crippen LogP contribution in [0.3, 0.4) is 0 Å². The molecule has 0 aliphatic rings. The van der Waals surface area contributed by atoms with Crippen molar-refractivity contribution in [1.82, 2.24) is 5.32 Å². The van der Waals surface area contributed by atoms with E-state index >= 15 is 0 Å². The Balaban J connectivity index is 2.46. The molecule has 0 saturated heterocycles. The van der Waals surface area contributed by atoms with Crippen LogP contribution in [-0.2, 0) is 19.1 Å². The molecule has 0 heterocycles. The number of carbonyl (C=O) groups is 3. The summed E-state index contributed by atoms with van der Waals surface area (Å²) in [5.41, 5.74) is 1.98. The normalized spacial score (nSPS) is 11.8. The molecule has 9 nitrogen and oxygen atoms in total. The molecule has 0 spiro atoms. The predicted molar refractivity (Wildman–Crippen MR) is 132 cm³/mol. The van der Waals surface area contributed by atoms with Gasteiger partial charge < -0.3 is 20.7 Å². The molecular formula is C24H33N5O4. The van der Waals surface area contributed by atoms with Crippen LogP contribution in [0, 0.1) is 0 Å². The fourth-order valence-electron chi connectivity index (χ4n) is 2.61. The first-order valence-electron chi connectivity index (χ1n) is 10.7. The Kier molecular flexibility index (Phi) is 12.5. The van der Waals surface area contributed by atoms with Crippen molar-refractivity contribution in [2.45, 2.75) is 46.5 Å². The molecule has 0 radical (unpaired) electrons. The van der Waals surface area contributed by atoms with Gasteiger partial charge in [0.05, 0.1) is 7.11 Å². The van der Waals surface area contributed by atoms with Gasteiger partial charge in [-0.05, 0) is 51.0 Å². The number of carbonyl (C=O) groups excluding carboxylic acids is 3. The molecule has 0 bridgehead atoms. The molecule has 0 fully saturated rings. The number of esters is 1. The van der Waals surface area contributed by atoms with Crippen molar-refractivity contribution in [2.24, 2.45) is 9.98 Å². The van der Waals surface area contributed by atoms with Crippen molar-refractivity contribution >= 4 is 41.3 Å². The molecule has 0 atom stereocenters. The monoisotopic (exact) mass is 455 g/mol. The predicted octanol–water partition coefficient (Wildman–Crippen LogP) is 3.81. The van der Waals surface area contributed by atoms with Crippen LogP contribution in [0.15, 0.2) is 58.1 Å². The first kappa shape index (κ1) is 27.3. The summed E-state index contributed by atoms with van der Waals surface area (Å²) in [6.07, 6.45) is 6.52. The van der Waals surface area contributed by atoms with Crippen LogP contribution in [-0.4, -0.2) is 43.7 Å². The number of unbranched alkanes of at least 4 members (excludes halogenated alkanes) is 2. The Morgan fingerprint density at radius 3 is 2.36 bits per heavy atom. The third-order valence-electron chi connectivity index (χ3n) is 4.49. The number of aliphatic imine (C=N–C) groups is 2. The maximum absolute atomic E-state index is 12.2. The molecule has 0 unspecified atom stereocenters. The number of hydrogen-bond acceptors (Lipinski definition) is 6. The highest BCUT2D eigenvalue weighted by molar-refractivity contribution is 6.20. The number of ether oxygens (including phenoxy) is 1. The Morgan fingerprint density at radius 2 is 1.76 bits per heavy atom. The average molecular weight is 456 g/mol. The topological polar surface area (TPSA) is 121 Å². The van der Waals surface area contributed by atoms with Crippen LogP contribution < -0.4 is 16.0 Å². The highest BCUT2D eigenvalue weighted by Gasteiger charge is 2.17. The Labute approximate surface area is 195 Å². The lowest BCUT2D eigenvalue weighted by Crippen LogP contribution is -2.32. The van der Waals surface area contributed by atoms with Gasteiger partial charge in [-0.25, -0.2) is 9.79 Å². The van der Waals surface area contributed by atoms with Gasteiger partial charge in [-0.3, -0.25) is 14.6 Å². The van der Waals surface area contributed by atoms with E-state index in [9.17, 15) is 14.4 Å². The molecule has 33 heavy (non-hydrogen) atoms. The molecular weight excluding hydrogens is 422 g/mol. The number of nitrogens with zero attached hydrogens (tertiary/aromatic N) is 2. The van der Waals surface area contributed by atoms with E-state index in [1.807, 2.05) is 12.1 Å². The molecule has 0 aromatic heterocycles. The van der Waals surface area contributed by atoms with E-state index in [1.165, 1.54) is 19.5 Å².